The number of carbonyl (C=O) groups excluding carboxylic acids is 1. The lowest BCUT2D eigenvalue weighted by Crippen LogP contribution is -2.09. The molecule has 0 aliphatic heterocycles. The number of amides is 1. The summed E-state index contributed by atoms with van der Waals surface area (Å²) in [6.07, 6.45) is 0. The highest BCUT2D eigenvalue weighted by Gasteiger charge is 2.11. The maximum absolute atomic E-state index is 12.1. The van der Waals surface area contributed by atoms with Crippen LogP contribution in [0.15, 0.2) is 57.0 Å². The maximum atomic E-state index is 12.1. The fourth-order valence-corrected chi connectivity index (χ4v) is 4.63. The van der Waals surface area contributed by atoms with Crippen LogP contribution in [0.3, 0.4) is 0 Å². The summed E-state index contributed by atoms with van der Waals surface area (Å²) in [4.78, 5) is 28.1. The maximum Gasteiger partial charge on any atom is 0.267 e. The molecule has 9 heteroatoms. The van der Waals surface area contributed by atoms with Crippen LogP contribution in [-0.4, -0.2) is 21.1 Å². The minimum Gasteiger partial charge on any atom is -0.357 e. The van der Waals surface area contributed by atoms with Gasteiger partial charge in [0.2, 0.25) is 5.13 Å². The molecule has 0 saturated heterocycles. The Morgan fingerprint density at radius 2 is 2.08 bits per heavy atom. The number of pyridine rings is 1. The van der Waals surface area contributed by atoms with Crippen molar-refractivity contribution in [3.8, 4) is 0 Å². The number of rotatable bonds is 5. The third-order valence-electron chi connectivity index (χ3n) is 3.52. The fourth-order valence-electron chi connectivity index (χ4n) is 2.35. The number of benzene rings is 1. The molecular formula is C17H12N4O2S3. The van der Waals surface area contributed by atoms with Crippen molar-refractivity contribution in [2.24, 2.45) is 0 Å². The van der Waals surface area contributed by atoms with E-state index in [1.165, 1.54) is 34.4 Å². The molecule has 0 saturated carbocycles. The summed E-state index contributed by atoms with van der Waals surface area (Å²) in [5.41, 5.74) is 1.63. The number of carbonyl (C=O) groups is 1. The van der Waals surface area contributed by atoms with E-state index in [1.54, 1.807) is 18.2 Å². The van der Waals surface area contributed by atoms with E-state index in [-0.39, 0.29) is 11.3 Å². The molecule has 1 amide bonds. The van der Waals surface area contributed by atoms with E-state index in [2.05, 4.69) is 20.5 Å². The number of fused-ring (bicyclic) bond motifs is 1. The molecule has 0 spiro atoms. The van der Waals surface area contributed by atoms with Crippen LogP contribution in [-0.2, 0) is 5.75 Å². The highest BCUT2D eigenvalue weighted by Crippen LogP contribution is 2.28. The molecule has 3 aromatic heterocycles. The smallest absolute Gasteiger partial charge is 0.267 e. The second kappa shape index (κ2) is 7.40. The molecule has 130 valence electrons. The van der Waals surface area contributed by atoms with Crippen molar-refractivity contribution >= 4 is 56.4 Å². The summed E-state index contributed by atoms with van der Waals surface area (Å²) in [5, 5.41) is 13.8. The van der Waals surface area contributed by atoms with Crippen LogP contribution in [0.4, 0.5) is 5.13 Å². The number of para-hydroxylation sites is 1. The van der Waals surface area contributed by atoms with Gasteiger partial charge in [-0.3, -0.25) is 14.9 Å². The molecule has 2 N–H and O–H groups in total. The van der Waals surface area contributed by atoms with Crippen LogP contribution in [0.2, 0.25) is 0 Å². The van der Waals surface area contributed by atoms with Crippen molar-refractivity contribution < 1.29 is 4.79 Å². The lowest BCUT2D eigenvalue weighted by molar-refractivity contribution is 0.103. The average molecular weight is 401 g/mol. The first kappa shape index (κ1) is 17.0. The number of aromatic nitrogens is 3. The van der Waals surface area contributed by atoms with Crippen LogP contribution < -0.4 is 10.7 Å². The summed E-state index contributed by atoms with van der Waals surface area (Å²) >= 11 is 4.14. The van der Waals surface area contributed by atoms with E-state index in [0.717, 1.165) is 15.6 Å². The Morgan fingerprint density at radius 3 is 2.92 bits per heavy atom. The first-order chi connectivity index (χ1) is 12.7. The lowest BCUT2D eigenvalue weighted by atomic mass is 10.2. The van der Waals surface area contributed by atoms with Gasteiger partial charge in [-0.2, -0.15) is 0 Å². The van der Waals surface area contributed by atoms with E-state index < -0.39 is 0 Å². The fraction of sp³-hybridized carbons (Fsp3) is 0.0588. The Labute approximate surface area is 160 Å². The van der Waals surface area contributed by atoms with Gasteiger partial charge in [-0.05, 0) is 23.6 Å². The van der Waals surface area contributed by atoms with Gasteiger partial charge in [0, 0.05) is 28.4 Å². The van der Waals surface area contributed by atoms with Crippen molar-refractivity contribution in [3.63, 3.8) is 0 Å². The Balaban J connectivity index is 1.43. The van der Waals surface area contributed by atoms with Gasteiger partial charge in [-0.15, -0.1) is 21.5 Å². The molecule has 6 nitrogen and oxygen atoms in total. The molecule has 1 aromatic carbocycles. The SMILES string of the molecule is O=C(Nc1nnc(SCc2cc(=O)c3ccccc3[nH]2)s1)c1cccs1. The number of hydrogen-bond donors (Lipinski definition) is 2. The Morgan fingerprint density at radius 1 is 1.19 bits per heavy atom. The summed E-state index contributed by atoms with van der Waals surface area (Å²) in [6, 6.07) is 12.6. The Bertz CT molecular complexity index is 1120. The molecule has 3 heterocycles. The number of nitrogens with one attached hydrogen (secondary N) is 2. The minimum atomic E-state index is -0.188. The molecule has 26 heavy (non-hydrogen) atoms. The average Bonchev–Trinajstić information content (AvgIpc) is 3.32. The van der Waals surface area contributed by atoms with Gasteiger partial charge >= 0.3 is 0 Å². The van der Waals surface area contributed by atoms with Crippen molar-refractivity contribution in [3.05, 3.63) is 68.6 Å². The largest absolute Gasteiger partial charge is 0.357 e. The van der Waals surface area contributed by atoms with Gasteiger partial charge in [0.05, 0.1) is 4.88 Å². The van der Waals surface area contributed by atoms with Gasteiger partial charge in [-0.25, -0.2) is 0 Å². The zero-order valence-electron chi connectivity index (χ0n) is 13.3. The topological polar surface area (TPSA) is 87.7 Å². The number of aromatic amines is 1. The third-order valence-corrected chi connectivity index (χ3v) is 6.41. The molecule has 0 atom stereocenters. The molecule has 0 bridgehead atoms. The first-order valence-corrected chi connectivity index (χ1v) is 10.3. The van der Waals surface area contributed by atoms with Crippen LogP contribution in [0.25, 0.3) is 10.9 Å². The van der Waals surface area contributed by atoms with Gasteiger partial charge in [-0.1, -0.05) is 41.3 Å². The van der Waals surface area contributed by atoms with Crippen LogP contribution in [0.5, 0.6) is 0 Å². The quantitative estimate of drug-likeness (QED) is 0.391. The number of thioether (sulfide) groups is 1. The van der Waals surface area contributed by atoms with Gasteiger partial charge in [0.25, 0.3) is 5.91 Å². The van der Waals surface area contributed by atoms with Crippen LogP contribution in [0, 0.1) is 0 Å². The Kier molecular flexibility index (Phi) is 4.83. The number of hydrogen-bond acceptors (Lipinski definition) is 7. The van der Waals surface area contributed by atoms with Crippen LogP contribution >= 0.6 is 34.4 Å². The number of H-pyrrole nitrogens is 1. The molecule has 0 aliphatic carbocycles. The third kappa shape index (κ3) is 3.69. The lowest BCUT2D eigenvalue weighted by Gasteiger charge is -2.02. The predicted octanol–water partition coefficient (Wildman–Crippen LogP) is 3.99. The predicted molar refractivity (Wildman–Crippen MR) is 106 cm³/mol. The monoisotopic (exact) mass is 400 g/mol. The van der Waals surface area contributed by atoms with Gasteiger partial charge < -0.3 is 4.98 Å². The normalized spacial score (nSPS) is 10.9. The second-order valence-corrected chi connectivity index (χ2v) is 8.45. The van der Waals surface area contributed by atoms with Crippen molar-refractivity contribution in [2.45, 2.75) is 10.1 Å². The molecular weight excluding hydrogens is 388 g/mol. The van der Waals surface area contributed by atoms with Gasteiger partial charge in [0.15, 0.2) is 9.77 Å². The number of nitrogens with zero attached hydrogens (tertiary/aromatic N) is 2. The van der Waals surface area contributed by atoms with E-state index in [1.807, 2.05) is 29.6 Å². The van der Waals surface area contributed by atoms with E-state index in [4.69, 9.17) is 0 Å². The van der Waals surface area contributed by atoms with Crippen molar-refractivity contribution in [2.75, 3.05) is 5.32 Å². The minimum absolute atomic E-state index is 0.00360. The van der Waals surface area contributed by atoms with Gasteiger partial charge in [0.1, 0.15) is 0 Å². The van der Waals surface area contributed by atoms with Crippen LogP contribution in [0.1, 0.15) is 15.4 Å². The van der Waals surface area contributed by atoms with E-state index in [0.29, 0.717) is 21.1 Å². The summed E-state index contributed by atoms with van der Waals surface area (Å²) < 4.78 is 0.723. The molecule has 4 rings (SSSR count). The molecule has 0 fully saturated rings. The van der Waals surface area contributed by atoms with Crippen molar-refractivity contribution in [1.29, 1.82) is 0 Å². The van der Waals surface area contributed by atoms with E-state index in [9.17, 15) is 9.59 Å². The highest BCUT2D eigenvalue weighted by atomic mass is 32.2. The standard InChI is InChI=1S/C17H12N4O2S3/c22-13-8-10(18-12-5-2-1-4-11(12)13)9-25-17-21-20-16(26-17)19-15(23)14-6-3-7-24-14/h1-8H,9H2,(H,18,22)(H,19,20,23). The summed E-state index contributed by atoms with van der Waals surface area (Å²) in [7, 11) is 0. The molecule has 0 aliphatic rings. The zero-order valence-corrected chi connectivity index (χ0v) is 15.7. The van der Waals surface area contributed by atoms with E-state index >= 15 is 0 Å². The highest BCUT2D eigenvalue weighted by molar-refractivity contribution is 8.00. The summed E-state index contributed by atoms with van der Waals surface area (Å²) in [5.74, 6) is 0.375. The number of anilines is 1. The zero-order chi connectivity index (χ0) is 17.9. The van der Waals surface area contributed by atoms with Crippen molar-refractivity contribution in [1.82, 2.24) is 15.2 Å². The molecule has 0 unspecified atom stereocenters. The molecule has 0 radical (unpaired) electrons. The second-order valence-electron chi connectivity index (χ2n) is 5.30. The number of thiophene rings is 1. The first-order valence-electron chi connectivity index (χ1n) is 7.61. The Hall–Kier alpha value is -2.49. The molecule has 4 aromatic rings. The summed E-state index contributed by atoms with van der Waals surface area (Å²) in [6.45, 7) is 0.